The molecule has 0 radical (unpaired) electrons. The fourth-order valence-electron chi connectivity index (χ4n) is 2.48. The topological polar surface area (TPSA) is 77.8 Å². The van der Waals surface area contributed by atoms with Gasteiger partial charge in [-0.05, 0) is 18.6 Å². The molecule has 1 N–H and O–H groups in total. The lowest BCUT2D eigenvalue weighted by molar-refractivity contribution is 0.0675. The number of carboxylic acid groups (broad SMARTS) is 1. The van der Waals surface area contributed by atoms with Gasteiger partial charge in [0.1, 0.15) is 0 Å². The number of rotatable bonds is 8. The number of unbranched alkanes of at least 4 members (excludes halogenated alkanes) is 1. The summed E-state index contributed by atoms with van der Waals surface area (Å²) in [5, 5.41) is 10.7. The third-order valence-corrected chi connectivity index (χ3v) is 4.45. The van der Waals surface area contributed by atoms with Gasteiger partial charge in [-0.1, -0.05) is 36.5 Å². The highest BCUT2D eigenvalue weighted by atomic mass is 35.5. The first-order valence-electron chi connectivity index (χ1n) is 7.82. The summed E-state index contributed by atoms with van der Waals surface area (Å²) in [5.74, 6) is -1.14. The first-order chi connectivity index (χ1) is 11.9. The molecule has 0 aliphatic carbocycles. The zero-order valence-corrected chi connectivity index (χ0v) is 15.5. The number of benzene rings is 1. The van der Waals surface area contributed by atoms with Gasteiger partial charge in [-0.2, -0.15) is 0 Å². The van der Waals surface area contributed by atoms with Crippen LogP contribution in [0.1, 0.15) is 30.3 Å². The van der Waals surface area contributed by atoms with Gasteiger partial charge in [0, 0.05) is 12.5 Å². The summed E-state index contributed by atoms with van der Waals surface area (Å²) in [4.78, 5) is 24.6. The Labute approximate surface area is 154 Å². The minimum Gasteiger partial charge on any atom is -0.490 e. The monoisotopic (exact) mass is 387 g/mol. The van der Waals surface area contributed by atoms with E-state index in [-0.39, 0.29) is 40.0 Å². The van der Waals surface area contributed by atoms with Crippen LogP contribution in [0.3, 0.4) is 0 Å². The van der Waals surface area contributed by atoms with Crippen molar-refractivity contribution in [3.05, 3.63) is 38.2 Å². The Balaban J connectivity index is 2.82. The van der Waals surface area contributed by atoms with Crippen molar-refractivity contribution < 1.29 is 19.4 Å². The summed E-state index contributed by atoms with van der Waals surface area (Å²) < 4.78 is 11.9. The summed E-state index contributed by atoms with van der Waals surface area (Å²) in [6.45, 7) is 2.59. The fraction of sp³-hybridized carbons (Fsp3) is 0.412. The number of hydrogen-bond acceptors (Lipinski definition) is 4. The number of carbonyl (C=O) groups is 1. The zero-order chi connectivity index (χ0) is 18.6. The first-order valence-corrected chi connectivity index (χ1v) is 8.58. The minimum absolute atomic E-state index is 0.0806. The molecule has 6 nitrogen and oxygen atoms in total. The van der Waals surface area contributed by atoms with Crippen LogP contribution in [0.15, 0.2) is 16.9 Å². The molecule has 0 bridgehead atoms. The van der Waals surface area contributed by atoms with Crippen LogP contribution in [0, 0.1) is 0 Å². The third-order valence-electron chi connectivity index (χ3n) is 3.73. The van der Waals surface area contributed by atoms with E-state index < -0.39 is 11.5 Å². The number of aromatic nitrogens is 1. The zero-order valence-electron chi connectivity index (χ0n) is 14.0. The van der Waals surface area contributed by atoms with E-state index in [4.69, 9.17) is 32.7 Å². The number of carboxylic acids is 1. The molecule has 1 aromatic carbocycles. The Bertz CT molecular complexity index is 847. The maximum atomic E-state index is 12.8. The second-order valence-corrected chi connectivity index (χ2v) is 6.26. The van der Waals surface area contributed by atoms with Crippen LogP contribution >= 0.6 is 23.2 Å². The average molecular weight is 388 g/mol. The van der Waals surface area contributed by atoms with Gasteiger partial charge in [0.2, 0.25) is 0 Å². The van der Waals surface area contributed by atoms with Crippen molar-refractivity contribution in [1.82, 2.24) is 4.57 Å². The smallest absolute Gasteiger partial charge is 0.356 e. The molecular formula is C17H19Cl2NO5. The molecule has 0 unspecified atom stereocenters. The van der Waals surface area contributed by atoms with Gasteiger partial charge < -0.3 is 14.6 Å². The lowest BCUT2D eigenvalue weighted by atomic mass is 10.1. The van der Waals surface area contributed by atoms with E-state index in [0.717, 1.165) is 17.4 Å². The second kappa shape index (κ2) is 8.56. The van der Waals surface area contributed by atoms with Gasteiger partial charge in [0.15, 0.2) is 11.4 Å². The van der Waals surface area contributed by atoms with E-state index in [9.17, 15) is 14.7 Å². The average Bonchev–Trinajstić information content (AvgIpc) is 2.57. The summed E-state index contributed by atoms with van der Waals surface area (Å²) in [7, 11) is 1.47. The van der Waals surface area contributed by atoms with E-state index in [0.29, 0.717) is 12.0 Å². The number of halogens is 2. The molecular weight excluding hydrogens is 369 g/mol. The Morgan fingerprint density at radius 3 is 2.40 bits per heavy atom. The van der Waals surface area contributed by atoms with Crippen molar-refractivity contribution in [2.75, 3.05) is 20.3 Å². The van der Waals surface area contributed by atoms with Crippen molar-refractivity contribution in [3.63, 3.8) is 0 Å². The largest absolute Gasteiger partial charge is 0.490 e. The van der Waals surface area contributed by atoms with Gasteiger partial charge in [0.25, 0.3) is 5.56 Å². The van der Waals surface area contributed by atoms with Crippen LogP contribution in [-0.2, 0) is 11.3 Å². The SMILES string of the molecule is CCCCOc1c(C(=O)O)n(CCOC)c(=O)c2cc(Cl)c(Cl)cc12. The summed E-state index contributed by atoms with van der Waals surface area (Å²) >= 11 is 12.1. The predicted octanol–water partition coefficient (Wildman–Crippen LogP) is 3.83. The maximum Gasteiger partial charge on any atom is 0.356 e. The highest BCUT2D eigenvalue weighted by Gasteiger charge is 2.24. The second-order valence-electron chi connectivity index (χ2n) is 5.45. The highest BCUT2D eigenvalue weighted by Crippen LogP contribution is 2.34. The van der Waals surface area contributed by atoms with Crippen LogP contribution in [0.2, 0.25) is 10.0 Å². The summed E-state index contributed by atoms with van der Waals surface area (Å²) in [6, 6.07) is 2.90. The summed E-state index contributed by atoms with van der Waals surface area (Å²) in [5.41, 5.74) is -0.699. The number of hydrogen-bond donors (Lipinski definition) is 1. The molecule has 25 heavy (non-hydrogen) atoms. The van der Waals surface area contributed by atoms with Crippen LogP contribution in [0.5, 0.6) is 5.75 Å². The lowest BCUT2D eigenvalue weighted by Gasteiger charge is -2.18. The number of aromatic carboxylic acids is 1. The van der Waals surface area contributed by atoms with Crippen molar-refractivity contribution in [2.45, 2.75) is 26.3 Å². The fourth-order valence-corrected chi connectivity index (χ4v) is 2.81. The lowest BCUT2D eigenvalue weighted by Crippen LogP contribution is -2.29. The molecule has 1 heterocycles. The molecule has 136 valence electrons. The molecule has 0 amide bonds. The quantitative estimate of drug-likeness (QED) is 0.696. The van der Waals surface area contributed by atoms with Crippen LogP contribution < -0.4 is 10.3 Å². The van der Waals surface area contributed by atoms with Crippen molar-refractivity contribution >= 4 is 39.9 Å². The molecule has 0 saturated heterocycles. The van der Waals surface area contributed by atoms with Gasteiger partial charge in [-0.15, -0.1) is 0 Å². The molecule has 2 aromatic rings. The number of methoxy groups -OCH3 is 1. The normalized spacial score (nSPS) is 11.0. The molecule has 0 atom stereocenters. The minimum atomic E-state index is -1.26. The van der Waals surface area contributed by atoms with Crippen LogP contribution in [0.25, 0.3) is 10.8 Å². The molecule has 0 aliphatic rings. The third kappa shape index (κ3) is 4.08. The molecule has 0 aliphatic heterocycles. The van der Waals surface area contributed by atoms with Crippen LogP contribution in [-0.4, -0.2) is 36.0 Å². The number of ether oxygens (including phenoxy) is 2. The Morgan fingerprint density at radius 1 is 1.20 bits per heavy atom. The van der Waals surface area contributed by atoms with E-state index >= 15 is 0 Å². The van der Waals surface area contributed by atoms with Crippen molar-refractivity contribution in [2.24, 2.45) is 0 Å². The molecule has 0 saturated carbocycles. The Hall–Kier alpha value is -1.76. The van der Waals surface area contributed by atoms with E-state index in [1.165, 1.54) is 19.2 Å². The van der Waals surface area contributed by atoms with E-state index in [2.05, 4.69) is 0 Å². The van der Waals surface area contributed by atoms with Gasteiger partial charge in [0.05, 0.1) is 35.2 Å². The predicted molar refractivity (Wildman–Crippen MR) is 97.5 cm³/mol. The molecule has 8 heteroatoms. The Kier molecular flexibility index (Phi) is 6.70. The van der Waals surface area contributed by atoms with Crippen molar-refractivity contribution in [3.8, 4) is 5.75 Å². The van der Waals surface area contributed by atoms with Crippen molar-refractivity contribution in [1.29, 1.82) is 0 Å². The number of pyridine rings is 1. The Morgan fingerprint density at radius 2 is 1.84 bits per heavy atom. The van der Waals surface area contributed by atoms with Gasteiger partial charge >= 0.3 is 5.97 Å². The molecule has 2 rings (SSSR count). The highest BCUT2D eigenvalue weighted by molar-refractivity contribution is 6.42. The van der Waals surface area contributed by atoms with Crippen LogP contribution in [0.4, 0.5) is 0 Å². The first kappa shape index (κ1) is 19.6. The summed E-state index contributed by atoms with van der Waals surface area (Å²) in [6.07, 6.45) is 1.63. The van der Waals surface area contributed by atoms with E-state index in [1.54, 1.807) is 0 Å². The number of fused-ring (bicyclic) bond motifs is 1. The molecule has 0 spiro atoms. The van der Waals surface area contributed by atoms with Gasteiger partial charge in [-0.3, -0.25) is 9.36 Å². The maximum absolute atomic E-state index is 12.8. The molecule has 1 aromatic heterocycles. The molecule has 0 fully saturated rings. The number of nitrogens with zero attached hydrogens (tertiary/aromatic N) is 1. The van der Waals surface area contributed by atoms with E-state index in [1.807, 2.05) is 6.92 Å². The van der Waals surface area contributed by atoms with Gasteiger partial charge in [-0.25, -0.2) is 4.79 Å². The standard InChI is InChI=1S/C17H19Cl2NO5/c1-3-4-6-25-15-10-8-12(18)13(19)9-11(10)16(21)20(5-7-24-2)14(15)17(22)23/h8-9H,3-7H2,1-2H3,(H,22,23).